The lowest BCUT2D eigenvalue weighted by Gasteiger charge is -2.15. The summed E-state index contributed by atoms with van der Waals surface area (Å²) >= 11 is 0. The molecule has 0 fully saturated rings. The normalized spacial score (nSPS) is 12.6. The predicted molar refractivity (Wildman–Crippen MR) is 54.4 cm³/mol. The highest BCUT2D eigenvalue weighted by Gasteiger charge is 2.09. The highest BCUT2D eigenvalue weighted by atomic mass is 19.1. The van der Waals surface area contributed by atoms with Crippen molar-refractivity contribution in [3.05, 3.63) is 29.6 Å². The molecule has 1 aromatic rings. The molecular weight excluding hydrogens is 183 g/mol. The molecule has 0 aliphatic rings. The monoisotopic (exact) mass is 198 g/mol. The Morgan fingerprint density at radius 1 is 1.43 bits per heavy atom. The third kappa shape index (κ3) is 2.21. The molecular formula is C10H15FN2O. The second-order valence-corrected chi connectivity index (χ2v) is 3.38. The molecule has 1 atom stereocenters. The first-order valence-electron chi connectivity index (χ1n) is 4.38. The zero-order chi connectivity index (χ0) is 10.7. The van der Waals surface area contributed by atoms with Crippen LogP contribution in [-0.2, 0) is 4.84 Å². The lowest BCUT2D eigenvalue weighted by atomic mass is 10.1. The van der Waals surface area contributed by atoms with Gasteiger partial charge in [-0.15, -0.1) is 0 Å². The van der Waals surface area contributed by atoms with Gasteiger partial charge in [0, 0.05) is 14.1 Å². The number of hydrogen-bond acceptors (Lipinski definition) is 3. The quantitative estimate of drug-likeness (QED) is 0.753. The van der Waals surface area contributed by atoms with Gasteiger partial charge in [-0.2, -0.15) is 0 Å². The molecule has 0 aliphatic heterocycles. The van der Waals surface area contributed by atoms with Crippen molar-refractivity contribution in [2.75, 3.05) is 19.0 Å². The van der Waals surface area contributed by atoms with Crippen molar-refractivity contribution in [3.8, 4) is 0 Å². The molecule has 0 aromatic heterocycles. The molecule has 0 spiro atoms. The fourth-order valence-corrected chi connectivity index (χ4v) is 1.22. The molecule has 1 aromatic carbocycles. The highest BCUT2D eigenvalue weighted by molar-refractivity contribution is 5.48. The van der Waals surface area contributed by atoms with Gasteiger partial charge in [0.15, 0.2) is 0 Å². The third-order valence-corrected chi connectivity index (χ3v) is 2.13. The van der Waals surface area contributed by atoms with Gasteiger partial charge in [0.2, 0.25) is 0 Å². The number of hydrogen-bond donors (Lipinski definition) is 1. The average Bonchev–Trinajstić information content (AvgIpc) is 2.15. The smallest absolute Gasteiger partial charge is 0.146 e. The van der Waals surface area contributed by atoms with Crippen molar-refractivity contribution in [2.45, 2.75) is 13.0 Å². The minimum absolute atomic E-state index is 0.267. The topological polar surface area (TPSA) is 38.5 Å². The minimum Gasteiger partial charge on any atom is -0.375 e. The van der Waals surface area contributed by atoms with E-state index in [0.29, 0.717) is 5.69 Å². The van der Waals surface area contributed by atoms with Crippen molar-refractivity contribution in [1.29, 1.82) is 0 Å². The Bertz CT molecular complexity index is 315. The van der Waals surface area contributed by atoms with Gasteiger partial charge < -0.3 is 4.90 Å². The maximum Gasteiger partial charge on any atom is 0.146 e. The third-order valence-electron chi connectivity index (χ3n) is 2.13. The summed E-state index contributed by atoms with van der Waals surface area (Å²) in [5.74, 6) is 4.75. The van der Waals surface area contributed by atoms with Gasteiger partial charge in [0.05, 0.1) is 5.69 Å². The molecule has 4 heteroatoms. The number of halogens is 1. The van der Waals surface area contributed by atoms with Gasteiger partial charge in [-0.3, -0.25) is 4.84 Å². The molecule has 0 heterocycles. The highest BCUT2D eigenvalue weighted by Crippen LogP contribution is 2.22. The standard InChI is InChI=1S/C10H15FN2O/c1-7(14-12)8-4-5-10(13(2)3)9(11)6-8/h4-7H,12H2,1-3H3. The largest absolute Gasteiger partial charge is 0.375 e. The number of anilines is 1. The van der Waals surface area contributed by atoms with E-state index in [-0.39, 0.29) is 11.9 Å². The van der Waals surface area contributed by atoms with Gasteiger partial charge in [0.25, 0.3) is 0 Å². The van der Waals surface area contributed by atoms with Gasteiger partial charge in [-0.1, -0.05) is 6.07 Å². The summed E-state index contributed by atoms with van der Waals surface area (Å²) in [7, 11) is 3.59. The summed E-state index contributed by atoms with van der Waals surface area (Å²) < 4.78 is 13.5. The molecule has 14 heavy (non-hydrogen) atoms. The van der Waals surface area contributed by atoms with Gasteiger partial charge in [0.1, 0.15) is 11.9 Å². The Hall–Kier alpha value is -1.13. The maximum absolute atomic E-state index is 13.5. The van der Waals surface area contributed by atoms with Gasteiger partial charge in [-0.25, -0.2) is 10.3 Å². The molecule has 0 amide bonds. The molecule has 78 valence electrons. The summed E-state index contributed by atoms with van der Waals surface area (Å²) in [5, 5.41) is 0. The molecule has 0 saturated carbocycles. The van der Waals surface area contributed by atoms with Crippen LogP contribution in [0.5, 0.6) is 0 Å². The summed E-state index contributed by atoms with van der Waals surface area (Å²) in [6.07, 6.45) is -0.291. The summed E-state index contributed by atoms with van der Waals surface area (Å²) in [4.78, 5) is 6.33. The zero-order valence-corrected chi connectivity index (χ0v) is 8.62. The second-order valence-electron chi connectivity index (χ2n) is 3.38. The van der Waals surface area contributed by atoms with Crippen LogP contribution in [-0.4, -0.2) is 14.1 Å². The maximum atomic E-state index is 13.5. The molecule has 1 unspecified atom stereocenters. The van der Waals surface area contributed by atoms with Crippen molar-refractivity contribution < 1.29 is 9.23 Å². The molecule has 0 aliphatic carbocycles. The Labute approximate surface area is 83.2 Å². The first kappa shape index (κ1) is 10.9. The molecule has 0 saturated heterocycles. The van der Waals surface area contributed by atoms with Crippen LogP contribution in [0.4, 0.5) is 10.1 Å². The van der Waals surface area contributed by atoms with E-state index in [1.807, 2.05) is 0 Å². The van der Waals surface area contributed by atoms with E-state index >= 15 is 0 Å². The molecule has 0 radical (unpaired) electrons. The van der Waals surface area contributed by atoms with Crippen LogP contribution >= 0.6 is 0 Å². The van der Waals surface area contributed by atoms with E-state index in [9.17, 15) is 4.39 Å². The molecule has 1 rings (SSSR count). The van der Waals surface area contributed by atoms with E-state index in [2.05, 4.69) is 4.84 Å². The lowest BCUT2D eigenvalue weighted by Crippen LogP contribution is -2.12. The Balaban J connectivity index is 3.00. The Morgan fingerprint density at radius 2 is 2.07 bits per heavy atom. The molecule has 3 nitrogen and oxygen atoms in total. The van der Waals surface area contributed by atoms with Crippen LogP contribution in [0, 0.1) is 5.82 Å². The van der Waals surface area contributed by atoms with Crippen molar-refractivity contribution in [1.82, 2.24) is 0 Å². The number of nitrogens with two attached hydrogens (primary N) is 1. The zero-order valence-electron chi connectivity index (χ0n) is 8.62. The van der Waals surface area contributed by atoms with Crippen LogP contribution in [0.3, 0.4) is 0 Å². The summed E-state index contributed by atoms with van der Waals surface area (Å²) in [5.41, 5.74) is 1.29. The molecule has 0 bridgehead atoms. The van der Waals surface area contributed by atoms with Gasteiger partial charge in [-0.05, 0) is 24.6 Å². The second kappa shape index (κ2) is 4.39. The van der Waals surface area contributed by atoms with E-state index in [1.165, 1.54) is 6.07 Å². The molecule has 2 N–H and O–H groups in total. The van der Waals surface area contributed by atoms with Crippen LogP contribution < -0.4 is 10.8 Å². The van der Waals surface area contributed by atoms with E-state index in [0.717, 1.165) is 5.56 Å². The van der Waals surface area contributed by atoms with Crippen LogP contribution in [0.25, 0.3) is 0 Å². The SMILES string of the molecule is CC(ON)c1ccc(N(C)C)c(F)c1. The first-order chi connectivity index (χ1) is 6.56. The number of benzene rings is 1. The van der Waals surface area contributed by atoms with Gasteiger partial charge >= 0.3 is 0 Å². The van der Waals surface area contributed by atoms with E-state index in [1.54, 1.807) is 38.1 Å². The van der Waals surface area contributed by atoms with Crippen LogP contribution in [0.1, 0.15) is 18.6 Å². The van der Waals surface area contributed by atoms with E-state index < -0.39 is 0 Å². The fourth-order valence-electron chi connectivity index (χ4n) is 1.22. The summed E-state index contributed by atoms with van der Waals surface area (Å²) in [6, 6.07) is 4.95. The number of nitrogens with zero attached hydrogens (tertiary/aromatic N) is 1. The Morgan fingerprint density at radius 3 is 2.50 bits per heavy atom. The minimum atomic E-state index is -0.291. The van der Waals surface area contributed by atoms with Crippen molar-refractivity contribution in [3.63, 3.8) is 0 Å². The fraction of sp³-hybridized carbons (Fsp3) is 0.400. The summed E-state index contributed by atoms with van der Waals surface area (Å²) in [6.45, 7) is 1.77. The average molecular weight is 198 g/mol. The predicted octanol–water partition coefficient (Wildman–Crippen LogP) is 1.84. The van der Waals surface area contributed by atoms with Crippen molar-refractivity contribution >= 4 is 5.69 Å². The lowest BCUT2D eigenvalue weighted by molar-refractivity contribution is 0.0662. The first-order valence-corrected chi connectivity index (χ1v) is 4.38. The Kier molecular flexibility index (Phi) is 3.43. The van der Waals surface area contributed by atoms with Crippen molar-refractivity contribution in [2.24, 2.45) is 5.90 Å². The van der Waals surface area contributed by atoms with E-state index in [4.69, 9.17) is 5.90 Å². The number of rotatable bonds is 3. The van der Waals surface area contributed by atoms with Crippen LogP contribution in [0.2, 0.25) is 0 Å². The van der Waals surface area contributed by atoms with Crippen LogP contribution in [0.15, 0.2) is 18.2 Å².